The van der Waals surface area contributed by atoms with Crippen LogP contribution in [0.4, 0.5) is 9.59 Å². The van der Waals surface area contributed by atoms with Crippen molar-refractivity contribution in [1.82, 2.24) is 10.2 Å². The number of ether oxygens (including phenoxy) is 2. The van der Waals surface area contributed by atoms with Gasteiger partial charge in [-0.1, -0.05) is 37.3 Å². The van der Waals surface area contributed by atoms with E-state index in [2.05, 4.69) is 5.32 Å². The van der Waals surface area contributed by atoms with E-state index >= 15 is 0 Å². The summed E-state index contributed by atoms with van der Waals surface area (Å²) in [5.41, 5.74) is 0.380. The highest BCUT2D eigenvalue weighted by Gasteiger charge is 2.22. The van der Waals surface area contributed by atoms with Gasteiger partial charge in [-0.15, -0.1) is 0 Å². The molecule has 0 bridgehead atoms. The summed E-state index contributed by atoms with van der Waals surface area (Å²) >= 11 is 0. The van der Waals surface area contributed by atoms with Crippen LogP contribution in [0.25, 0.3) is 0 Å². The van der Waals surface area contributed by atoms with Crippen molar-refractivity contribution in [3.63, 3.8) is 0 Å². The predicted octanol–water partition coefficient (Wildman–Crippen LogP) is 3.56. The van der Waals surface area contributed by atoms with Crippen LogP contribution in [0.3, 0.4) is 0 Å². The van der Waals surface area contributed by atoms with E-state index in [9.17, 15) is 9.59 Å². The smallest absolute Gasteiger partial charge is 0.410 e. The molecular weight excluding hydrogens is 308 g/mol. The lowest BCUT2D eigenvalue weighted by Crippen LogP contribution is -2.45. The summed E-state index contributed by atoms with van der Waals surface area (Å²) in [5.74, 6) is 0. The molecule has 6 nitrogen and oxygen atoms in total. The molecular formula is C18H28N2O4. The molecule has 1 aromatic rings. The van der Waals surface area contributed by atoms with Crippen LogP contribution in [-0.2, 0) is 16.1 Å². The van der Waals surface area contributed by atoms with Crippen molar-refractivity contribution in [2.75, 3.05) is 13.6 Å². The number of rotatable bonds is 6. The first-order valence-electron chi connectivity index (χ1n) is 8.13. The van der Waals surface area contributed by atoms with Crippen LogP contribution >= 0.6 is 0 Å². The van der Waals surface area contributed by atoms with Crippen molar-refractivity contribution in [3.05, 3.63) is 35.9 Å². The molecule has 0 heterocycles. The highest BCUT2D eigenvalue weighted by Crippen LogP contribution is 2.09. The molecule has 0 aliphatic heterocycles. The Kier molecular flexibility index (Phi) is 7.55. The molecule has 1 N–H and O–H groups in total. The van der Waals surface area contributed by atoms with Crippen LogP contribution in [0.5, 0.6) is 0 Å². The largest absolute Gasteiger partial charge is 0.445 e. The van der Waals surface area contributed by atoms with Gasteiger partial charge in [0.1, 0.15) is 12.2 Å². The number of carbonyl (C=O) groups excluding carboxylic acids is 2. The van der Waals surface area contributed by atoms with Crippen molar-refractivity contribution in [2.24, 2.45) is 0 Å². The zero-order chi connectivity index (χ0) is 18.2. The monoisotopic (exact) mass is 336 g/mol. The van der Waals surface area contributed by atoms with E-state index in [1.165, 1.54) is 4.90 Å². The Morgan fingerprint density at radius 2 is 1.83 bits per heavy atom. The first-order valence-corrected chi connectivity index (χ1v) is 8.13. The molecule has 1 unspecified atom stereocenters. The maximum absolute atomic E-state index is 12.1. The van der Waals surface area contributed by atoms with E-state index in [1.807, 2.05) is 37.3 Å². The number of amides is 2. The molecule has 1 atom stereocenters. The minimum Gasteiger partial charge on any atom is -0.445 e. The van der Waals surface area contributed by atoms with E-state index in [4.69, 9.17) is 9.47 Å². The van der Waals surface area contributed by atoms with Gasteiger partial charge < -0.3 is 19.7 Å². The molecule has 2 amide bonds. The second-order valence-electron chi connectivity index (χ2n) is 6.60. The molecule has 0 saturated carbocycles. The number of nitrogens with zero attached hydrogens (tertiary/aromatic N) is 1. The molecule has 0 fully saturated rings. The minimum absolute atomic E-state index is 0.166. The Hall–Kier alpha value is -2.24. The lowest BCUT2D eigenvalue weighted by atomic mass is 10.2. The van der Waals surface area contributed by atoms with Gasteiger partial charge in [0.15, 0.2) is 0 Å². The van der Waals surface area contributed by atoms with Crippen molar-refractivity contribution in [1.29, 1.82) is 0 Å². The van der Waals surface area contributed by atoms with E-state index < -0.39 is 17.8 Å². The van der Waals surface area contributed by atoms with E-state index in [0.29, 0.717) is 13.0 Å². The van der Waals surface area contributed by atoms with E-state index in [-0.39, 0.29) is 12.6 Å². The lowest BCUT2D eigenvalue weighted by Gasteiger charge is -2.27. The molecule has 0 aliphatic carbocycles. The average molecular weight is 336 g/mol. The lowest BCUT2D eigenvalue weighted by molar-refractivity contribution is 0.0497. The van der Waals surface area contributed by atoms with Gasteiger partial charge in [-0.25, -0.2) is 9.59 Å². The standard InChI is InChI=1S/C18H28N2O4/c1-6-15(12-19-16(21)24-18(2,3)4)20(5)17(22)23-13-14-10-8-7-9-11-14/h7-11,15H,6,12-13H2,1-5H3,(H,19,21). The summed E-state index contributed by atoms with van der Waals surface area (Å²) in [6.45, 7) is 7.88. The fourth-order valence-electron chi connectivity index (χ4n) is 2.04. The van der Waals surface area contributed by atoms with Crippen LogP contribution in [0.15, 0.2) is 30.3 Å². The Morgan fingerprint density at radius 1 is 1.21 bits per heavy atom. The predicted molar refractivity (Wildman–Crippen MR) is 92.7 cm³/mol. The summed E-state index contributed by atoms with van der Waals surface area (Å²) in [7, 11) is 1.66. The van der Waals surface area contributed by atoms with Gasteiger partial charge in [-0.3, -0.25) is 0 Å². The molecule has 0 spiro atoms. The number of nitrogens with one attached hydrogen (secondary N) is 1. The number of likely N-dealkylation sites (N-methyl/N-ethyl adjacent to an activating group) is 1. The van der Waals surface area contributed by atoms with Gasteiger partial charge in [-0.2, -0.15) is 0 Å². The second kappa shape index (κ2) is 9.15. The van der Waals surface area contributed by atoms with E-state index in [1.54, 1.807) is 27.8 Å². The molecule has 0 saturated heterocycles. The second-order valence-corrected chi connectivity index (χ2v) is 6.60. The van der Waals surface area contributed by atoms with Gasteiger partial charge in [0, 0.05) is 13.6 Å². The SMILES string of the molecule is CCC(CNC(=O)OC(C)(C)C)N(C)C(=O)OCc1ccccc1. The number of alkyl carbamates (subject to hydrolysis) is 1. The van der Waals surface area contributed by atoms with Gasteiger partial charge >= 0.3 is 12.2 Å². The van der Waals surface area contributed by atoms with Crippen LogP contribution in [0.2, 0.25) is 0 Å². The Balaban J connectivity index is 2.45. The van der Waals surface area contributed by atoms with E-state index in [0.717, 1.165) is 5.56 Å². The zero-order valence-corrected chi connectivity index (χ0v) is 15.2. The third-order valence-electron chi connectivity index (χ3n) is 3.39. The summed E-state index contributed by atoms with van der Waals surface area (Å²) in [5, 5.41) is 2.69. The van der Waals surface area contributed by atoms with Crippen molar-refractivity contribution < 1.29 is 19.1 Å². The molecule has 1 aromatic carbocycles. The number of hydrogen-bond acceptors (Lipinski definition) is 4. The average Bonchev–Trinajstić information content (AvgIpc) is 2.52. The Labute approximate surface area is 144 Å². The van der Waals surface area contributed by atoms with Crippen LogP contribution in [-0.4, -0.2) is 42.3 Å². The highest BCUT2D eigenvalue weighted by molar-refractivity contribution is 5.69. The Morgan fingerprint density at radius 3 is 2.38 bits per heavy atom. The number of carbonyl (C=O) groups is 2. The number of benzene rings is 1. The maximum Gasteiger partial charge on any atom is 0.410 e. The van der Waals surface area contributed by atoms with Crippen LogP contribution in [0.1, 0.15) is 39.7 Å². The van der Waals surface area contributed by atoms with Gasteiger partial charge in [0.25, 0.3) is 0 Å². The molecule has 0 aromatic heterocycles. The molecule has 134 valence electrons. The third kappa shape index (κ3) is 7.35. The summed E-state index contributed by atoms with van der Waals surface area (Å²) in [4.78, 5) is 25.4. The molecule has 0 radical (unpaired) electrons. The third-order valence-corrected chi connectivity index (χ3v) is 3.39. The topological polar surface area (TPSA) is 67.9 Å². The molecule has 24 heavy (non-hydrogen) atoms. The quantitative estimate of drug-likeness (QED) is 0.862. The first-order chi connectivity index (χ1) is 11.2. The first kappa shape index (κ1) is 19.8. The summed E-state index contributed by atoms with van der Waals surface area (Å²) in [6, 6.07) is 9.33. The molecule has 1 rings (SSSR count). The van der Waals surface area contributed by atoms with Crippen molar-refractivity contribution in [3.8, 4) is 0 Å². The highest BCUT2D eigenvalue weighted by atomic mass is 16.6. The fraction of sp³-hybridized carbons (Fsp3) is 0.556. The van der Waals surface area contributed by atoms with Crippen LogP contribution < -0.4 is 5.32 Å². The normalized spacial score (nSPS) is 12.2. The number of hydrogen-bond donors (Lipinski definition) is 1. The summed E-state index contributed by atoms with van der Waals surface area (Å²) < 4.78 is 10.5. The molecule has 0 aliphatic rings. The van der Waals surface area contributed by atoms with Gasteiger partial charge in [0.2, 0.25) is 0 Å². The van der Waals surface area contributed by atoms with Crippen molar-refractivity contribution in [2.45, 2.75) is 52.4 Å². The van der Waals surface area contributed by atoms with Crippen LogP contribution in [0, 0.1) is 0 Å². The van der Waals surface area contributed by atoms with Gasteiger partial charge in [0.05, 0.1) is 6.04 Å². The van der Waals surface area contributed by atoms with Crippen molar-refractivity contribution >= 4 is 12.2 Å². The zero-order valence-electron chi connectivity index (χ0n) is 15.2. The fourth-order valence-corrected chi connectivity index (χ4v) is 2.04. The molecule has 6 heteroatoms. The van der Waals surface area contributed by atoms with Gasteiger partial charge in [-0.05, 0) is 32.8 Å². The summed E-state index contributed by atoms with van der Waals surface area (Å²) in [6.07, 6.45) is -0.226. The minimum atomic E-state index is -0.549. The maximum atomic E-state index is 12.1. The Bertz CT molecular complexity index is 526.